The standard InChI is InChI=1S/C17H13NO4S/c19-15(6-5-12-7-10-23-11-12)22-9-8-18-16(20)13-3-1-2-4-14(13)17(18)21/h1-7,10-11H,8-9H2/b6-5+. The summed E-state index contributed by atoms with van der Waals surface area (Å²) < 4.78 is 5.03. The molecular formula is C17H13NO4S. The van der Waals surface area contributed by atoms with Gasteiger partial charge < -0.3 is 4.74 Å². The van der Waals surface area contributed by atoms with E-state index in [1.54, 1.807) is 30.3 Å². The van der Waals surface area contributed by atoms with Gasteiger partial charge in [0, 0.05) is 6.08 Å². The van der Waals surface area contributed by atoms with E-state index in [-0.39, 0.29) is 25.0 Å². The van der Waals surface area contributed by atoms with Crippen LogP contribution in [0.1, 0.15) is 26.3 Å². The van der Waals surface area contributed by atoms with E-state index in [1.807, 2.05) is 16.8 Å². The third-order valence-electron chi connectivity index (χ3n) is 3.39. The molecule has 5 nitrogen and oxygen atoms in total. The zero-order chi connectivity index (χ0) is 16.2. The molecule has 0 atom stereocenters. The third kappa shape index (κ3) is 3.22. The van der Waals surface area contributed by atoms with E-state index < -0.39 is 5.97 Å². The quantitative estimate of drug-likeness (QED) is 0.481. The van der Waals surface area contributed by atoms with Gasteiger partial charge in [-0.05, 0) is 40.6 Å². The summed E-state index contributed by atoms with van der Waals surface area (Å²) in [5, 5.41) is 3.82. The van der Waals surface area contributed by atoms with E-state index in [0.29, 0.717) is 11.1 Å². The molecule has 0 fully saturated rings. The highest BCUT2D eigenvalue weighted by Gasteiger charge is 2.34. The molecule has 0 radical (unpaired) electrons. The number of esters is 1. The summed E-state index contributed by atoms with van der Waals surface area (Å²) in [7, 11) is 0. The maximum atomic E-state index is 12.1. The molecule has 116 valence electrons. The van der Waals surface area contributed by atoms with Gasteiger partial charge in [0.1, 0.15) is 6.61 Å². The molecular weight excluding hydrogens is 314 g/mol. The van der Waals surface area contributed by atoms with Gasteiger partial charge in [0.15, 0.2) is 0 Å². The van der Waals surface area contributed by atoms with Crippen LogP contribution >= 0.6 is 11.3 Å². The molecule has 1 aliphatic rings. The summed E-state index contributed by atoms with van der Waals surface area (Å²) >= 11 is 1.54. The second-order valence-electron chi connectivity index (χ2n) is 4.87. The van der Waals surface area contributed by atoms with Gasteiger partial charge in [-0.3, -0.25) is 14.5 Å². The molecule has 0 unspecified atom stereocenters. The van der Waals surface area contributed by atoms with Crippen molar-refractivity contribution in [3.8, 4) is 0 Å². The van der Waals surface area contributed by atoms with Crippen LogP contribution in [0.2, 0.25) is 0 Å². The van der Waals surface area contributed by atoms with Gasteiger partial charge in [-0.2, -0.15) is 11.3 Å². The highest BCUT2D eigenvalue weighted by molar-refractivity contribution is 7.08. The minimum atomic E-state index is -0.507. The lowest BCUT2D eigenvalue weighted by Crippen LogP contribution is -2.33. The van der Waals surface area contributed by atoms with Crippen LogP contribution in [0.25, 0.3) is 6.08 Å². The SMILES string of the molecule is O=C(/C=C/c1ccsc1)OCCN1C(=O)c2ccccc2C1=O. The fourth-order valence-electron chi connectivity index (χ4n) is 2.26. The maximum Gasteiger partial charge on any atom is 0.330 e. The molecule has 0 aliphatic carbocycles. The van der Waals surface area contributed by atoms with Crippen LogP contribution in [0.4, 0.5) is 0 Å². The Morgan fingerprint density at radius 2 is 1.83 bits per heavy atom. The Labute approximate surface area is 136 Å². The summed E-state index contributed by atoms with van der Waals surface area (Å²) in [6.07, 6.45) is 2.98. The predicted octanol–water partition coefficient (Wildman–Crippen LogP) is 2.60. The molecule has 0 bridgehead atoms. The number of rotatable bonds is 5. The molecule has 1 aliphatic heterocycles. The number of nitrogens with zero attached hydrogens (tertiary/aromatic N) is 1. The van der Waals surface area contributed by atoms with Crippen molar-refractivity contribution in [2.45, 2.75) is 0 Å². The first-order chi connectivity index (χ1) is 11.2. The number of ether oxygens (including phenoxy) is 1. The molecule has 0 spiro atoms. The van der Waals surface area contributed by atoms with Crippen LogP contribution in [0.3, 0.4) is 0 Å². The second kappa shape index (κ2) is 6.58. The van der Waals surface area contributed by atoms with Crippen LogP contribution in [-0.4, -0.2) is 35.8 Å². The summed E-state index contributed by atoms with van der Waals surface area (Å²) in [6, 6.07) is 8.54. The van der Waals surface area contributed by atoms with Gasteiger partial charge in [-0.1, -0.05) is 12.1 Å². The van der Waals surface area contributed by atoms with Crippen LogP contribution in [0.15, 0.2) is 47.2 Å². The summed E-state index contributed by atoms with van der Waals surface area (Å²) in [6.45, 7) is 0.0165. The molecule has 23 heavy (non-hydrogen) atoms. The van der Waals surface area contributed by atoms with Crippen LogP contribution in [0.5, 0.6) is 0 Å². The fourth-order valence-corrected chi connectivity index (χ4v) is 2.89. The van der Waals surface area contributed by atoms with Crippen LogP contribution < -0.4 is 0 Å². The first-order valence-corrected chi connectivity index (χ1v) is 7.93. The Morgan fingerprint density at radius 3 is 2.43 bits per heavy atom. The Morgan fingerprint density at radius 1 is 1.13 bits per heavy atom. The minimum Gasteiger partial charge on any atom is -0.461 e. The van der Waals surface area contributed by atoms with E-state index in [0.717, 1.165) is 10.5 Å². The fraction of sp³-hybridized carbons (Fsp3) is 0.118. The minimum absolute atomic E-state index is 0.0295. The van der Waals surface area contributed by atoms with Crippen LogP contribution in [-0.2, 0) is 9.53 Å². The van der Waals surface area contributed by atoms with Gasteiger partial charge in [0.25, 0.3) is 11.8 Å². The smallest absolute Gasteiger partial charge is 0.330 e. The molecule has 2 aromatic rings. The largest absolute Gasteiger partial charge is 0.461 e. The van der Waals surface area contributed by atoms with Crippen molar-refractivity contribution < 1.29 is 19.1 Å². The molecule has 6 heteroatoms. The second-order valence-corrected chi connectivity index (χ2v) is 5.65. The van der Waals surface area contributed by atoms with Crippen molar-refractivity contribution in [1.82, 2.24) is 4.90 Å². The molecule has 2 amide bonds. The molecule has 3 rings (SSSR count). The first-order valence-electron chi connectivity index (χ1n) is 6.99. The van der Waals surface area contributed by atoms with E-state index in [1.165, 1.54) is 17.4 Å². The number of hydrogen-bond acceptors (Lipinski definition) is 5. The van der Waals surface area contributed by atoms with Crippen molar-refractivity contribution in [1.29, 1.82) is 0 Å². The zero-order valence-corrected chi connectivity index (χ0v) is 12.9. The molecule has 0 N–H and O–H groups in total. The number of imide groups is 1. The number of amides is 2. The van der Waals surface area contributed by atoms with Gasteiger partial charge in [0.05, 0.1) is 17.7 Å². The number of benzene rings is 1. The van der Waals surface area contributed by atoms with Gasteiger partial charge >= 0.3 is 5.97 Å². The number of fused-ring (bicyclic) bond motifs is 1. The molecule has 0 saturated heterocycles. The van der Waals surface area contributed by atoms with Crippen molar-refractivity contribution in [2.75, 3.05) is 13.2 Å². The maximum absolute atomic E-state index is 12.1. The highest BCUT2D eigenvalue weighted by Crippen LogP contribution is 2.21. The van der Waals surface area contributed by atoms with Crippen molar-refractivity contribution in [2.24, 2.45) is 0 Å². The lowest BCUT2D eigenvalue weighted by Gasteiger charge is -2.13. The Bertz CT molecular complexity index is 745. The molecule has 0 saturated carbocycles. The monoisotopic (exact) mass is 327 g/mol. The highest BCUT2D eigenvalue weighted by atomic mass is 32.1. The molecule has 1 aromatic carbocycles. The number of carbonyl (C=O) groups is 3. The average molecular weight is 327 g/mol. The van der Waals surface area contributed by atoms with Crippen molar-refractivity contribution in [3.63, 3.8) is 0 Å². The topological polar surface area (TPSA) is 63.7 Å². The average Bonchev–Trinajstić information content (AvgIpc) is 3.16. The third-order valence-corrected chi connectivity index (χ3v) is 4.09. The summed E-state index contributed by atoms with van der Waals surface area (Å²) in [5.74, 6) is -1.21. The normalized spacial score (nSPS) is 13.7. The van der Waals surface area contributed by atoms with Gasteiger partial charge in [0.2, 0.25) is 0 Å². The number of hydrogen-bond donors (Lipinski definition) is 0. The van der Waals surface area contributed by atoms with E-state index >= 15 is 0 Å². The first kappa shape index (κ1) is 15.2. The lowest BCUT2D eigenvalue weighted by atomic mass is 10.1. The Hall–Kier alpha value is -2.73. The van der Waals surface area contributed by atoms with E-state index in [2.05, 4.69) is 0 Å². The summed E-state index contributed by atoms with van der Waals surface area (Å²) in [4.78, 5) is 36.9. The van der Waals surface area contributed by atoms with Crippen molar-refractivity contribution in [3.05, 3.63) is 63.9 Å². The molecule has 2 heterocycles. The van der Waals surface area contributed by atoms with Gasteiger partial charge in [-0.25, -0.2) is 4.79 Å². The number of carbonyl (C=O) groups excluding carboxylic acids is 3. The van der Waals surface area contributed by atoms with E-state index in [9.17, 15) is 14.4 Å². The van der Waals surface area contributed by atoms with E-state index in [4.69, 9.17) is 4.74 Å². The lowest BCUT2D eigenvalue weighted by molar-refractivity contribution is -0.137. The number of thiophene rings is 1. The van der Waals surface area contributed by atoms with Crippen LogP contribution in [0, 0.1) is 0 Å². The zero-order valence-electron chi connectivity index (χ0n) is 12.1. The van der Waals surface area contributed by atoms with Gasteiger partial charge in [-0.15, -0.1) is 0 Å². The Kier molecular flexibility index (Phi) is 4.34. The molecule has 1 aromatic heterocycles. The summed E-state index contributed by atoms with van der Waals surface area (Å²) in [5.41, 5.74) is 1.70. The Balaban J connectivity index is 1.53. The predicted molar refractivity (Wildman–Crippen MR) is 86.1 cm³/mol. The van der Waals surface area contributed by atoms with Crippen molar-refractivity contribution >= 4 is 35.2 Å².